The molecule has 3 nitrogen and oxygen atoms in total. The zero-order valence-corrected chi connectivity index (χ0v) is 15.8. The highest BCUT2D eigenvalue weighted by atomic mass is 16.5. The van der Waals surface area contributed by atoms with E-state index in [4.69, 9.17) is 16.2 Å². The smallest absolute Gasteiger partial charge is 0.0961 e. The van der Waals surface area contributed by atoms with Crippen molar-refractivity contribution in [1.29, 1.82) is 0 Å². The summed E-state index contributed by atoms with van der Waals surface area (Å²) >= 11 is 0. The van der Waals surface area contributed by atoms with Gasteiger partial charge in [0.1, 0.15) is 0 Å². The molecular weight excluding hydrogens is 284 g/mol. The van der Waals surface area contributed by atoms with Crippen LogP contribution >= 0.6 is 0 Å². The number of hydrogen-bond acceptors (Lipinski definition) is 3. The summed E-state index contributed by atoms with van der Waals surface area (Å²) < 4.78 is 5.85. The largest absolute Gasteiger partial charge is 0.400 e. The molecule has 0 aromatic heterocycles. The Balaban J connectivity index is 3.31. The van der Waals surface area contributed by atoms with Gasteiger partial charge in [-0.1, -0.05) is 84.5 Å². The van der Waals surface area contributed by atoms with Crippen LogP contribution in [0.1, 0.15) is 97.3 Å². The topological polar surface area (TPSA) is 61.3 Å². The maximum Gasteiger partial charge on any atom is 0.0961 e. The highest BCUT2D eigenvalue weighted by Crippen LogP contribution is 2.12. The summed E-state index contributed by atoms with van der Waals surface area (Å²) in [6, 6.07) is 0. The van der Waals surface area contributed by atoms with Gasteiger partial charge in [-0.25, -0.2) is 0 Å². The van der Waals surface area contributed by atoms with Crippen LogP contribution in [0.5, 0.6) is 0 Å². The van der Waals surface area contributed by atoms with Crippen molar-refractivity contribution in [1.82, 2.24) is 0 Å². The molecule has 23 heavy (non-hydrogen) atoms. The molecule has 0 rings (SSSR count). The van der Waals surface area contributed by atoms with Gasteiger partial charge in [-0.15, -0.1) is 0 Å². The standard InChI is InChI=1S/C20H42N2O/c1-3-5-6-7-8-9-10-11-12-13-14-15-18-23-20(4-2)19(22)16-17-21/h16,20H,3-15,17-18,21-22H2,1-2H3. The Hall–Kier alpha value is -0.540. The van der Waals surface area contributed by atoms with E-state index in [0.717, 1.165) is 25.1 Å². The normalized spacial score (nSPS) is 13.4. The first-order valence-corrected chi connectivity index (χ1v) is 10.0. The van der Waals surface area contributed by atoms with Gasteiger partial charge >= 0.3 is 0 Å². The van der Waals surface area contributed by atoms with E-state index in [0.29, 0.717) is 6.54 Å². The fourth-order valence-corrected chi connectivity index (χ4v) is 2.89. The van der Waals surface area contributed by atoms with Crippen molar-refractivity contribution in [2.45, 2.75) is 103 Å². The van der Waals surface area contributed by atoms with Crippen LogP contribution in [-0.4, -0.2) is 19.3 Å². The second kappa shape index (κ2) is 17.8. The summed E-state index contributed by atoms with van der Waals surface area (Å²) in [5.74, 6) is 0. The van der Waals surface area contributed by atoms with Gasteiger partial charge in [-0.3, -0.25) is 0 Å². The minimum atomic E-state index is 0.0475. The Morgan fingerprint density at radius 1 is 0.826 bits per heavy atom. The van der Waals surface area contributed by atoms with E-state index in [1.165, 1.54) is 70.6 Å². The molecule has 0 aliphatic heterocycles. The van der Waals surface area contributed by atoms with Gasteiger partial charge in [-0.05, 0) is 18.9 Å². The van der Waals surface area contributed by atoms with Crippen LogP contribution in [0.15, 0.2) is 11.8 Å². The van der Waals surface area contributed by atoms with Crippen molar-refractivity contribution < 1.29 is 4.74 Å². The second-order valence-electron chi connectivity index (χ2n) is 6.60. The third-order valence-corrected chi connectivity index (χ3v) is 4.41. The summed E-state index contributed by atoms with van der Waals surface area (Å²) in [5.41, 5.74) is 12.2. The molecule has 0 bridgehead atoms. The molecule has 0 saturated heterocycles. The summed E-state index contributed by atoms with van der Waals surface area (Å²) in [5, 5.41) is 0. The average Bonchev–Trinajstić information content (AvgIpc) is 2.55. The number of rotatable bonds is 17. The van der Waals surface area contributed by atoms with Crippen molar-refractivity contribution in [3.05, 3.63) is 11.8 Å². The molecule has 0 spiro atoms. The van der Waals surface area contributed by atoms with E-state index < -0.39 is 0 Å². The highest BCUT2D eigenvalue weighted by Gasteiger charge is 2.08. The first kappa shape index (κ1) is 22.5. The molecule has 138 valence electrons. The molecule has 3 heteroatoms. The fraction of sp³-hybridized carbons (Fsp3) is 0.900. The minimum Gasteiger partial charge on any atom is -0.400 e. The highest BCUT2D eigenvalue weighted by molar-refractivity contribution is 5.03. The summed E-state index contributed by atoms with van der Waals surface area (Å²) in [4.78, 5) is 0. The number of nitrogens with two attached hydrogens (primary N) is 2. The lowest BCUT2D eigenvalue weighted by atomic mass is 10.1. The third-order valence-electron chi connectivity index (χ3n) is 4.41. The number of unbranched alkanes of at least 4 members (excludes halogenated alkanes) is 11. The molecule has 0 aliphatic carbocycles. The van der Waals surface area contributed by atoms with E-state index in [-0.39, 0.29) is 6.10 Å². The minimum absolute atomic E-state index is 0.0475. The molecule has 1 atom stereocenters. The SMILES string of the molecule is CCCCCCCCCCCCCCOC(CC)C(N)=CCN. The molecule has 0 fully saturated rings. The fourth-order valence-electron chi connectivity index (χ4n) is 2.89. The van der Waals surface area contributed by atoms with E-state index in [1.54, 1.807) is 0 Å². The Morgan fingerprint density at radius 2 is 1.30 bits per heavy atom. The van der Waals surface area contributed by atoms with E-state index in [2.05, 4.69) is 13.8 Å². The summed E-state index contributed by atoms with van der Waals surface area (Å²) in [6.45, 7) is 5.68. The van der Waals surface area contributed by atoms with Crippen LogP contribution in [0.2, 0.25) is 0 Å². The van der Waals surface area contributed by atoms with Crippen molar-refractivity contribution >= 4 is 0 Å². The van der Waals surface area contributed by atoms with Crippen molar-refractivity contribution in [2.24, 2.45) is 11.5 Å². The Bertz CT molecular complexity index is 266. The Morgan fingerprint density at radius 3 is 1.74 bits per heavy atom. The molecule has 0 amide bonds. The lowest BCUT2D eigenvalue weighted by molar-refractivity contribution is 0.0708. The zero-order chi connectivity index (χ0) is 17.2. The number of ether oxygens (including phenoxy) is 1. The first-order valence-electron chi connectivity index (χ1n) is 10.0. The predicted molar refractivity (Wildman–Crippen MR) is 102 cm³/mol. The monoisotopic (exact) mass is 326 g/mol. The van der Waals surface area contributed by atoms with Gasteiger partial charge < -0.3 is 16.2 Å². The summed E-state index contributed by atoms with van der Waals surface area (Å²) in [7, 11) is 0. The third kappa shape index (κ3) is 14.8. The molecule has 0 radical (unpaired) electrons. The van der Waals surface area contributed by atoms with Gasteiger partial charge in [0.05, 0.1) is 6.10 Å². The van der Waals surface area contributed by atoms with Gasteiger partial charge in [-0.2, -0.15) is 0 Å². The van der Waals surface area contributed by atoms with Crippen LogP contribution in [0.4, 0.5) is 0 Å². The van der Waals surface area contributed by atoms with Crippen LogP contribution in [0.25, 0.3) is 0 Å². The maximum atomic E-state index is 5.94. The van der Waals surface area contributed by atoms with Crippen molar-refractivity contribution in [3.8, 4) is 0 Å². The molecule has 0 aromatic carbocycles. The Labute approximate surface area is 145 Å². The first-order chi connectivity index (χ1) is 11.3. The summed E-state index contributed by atoms with van der Waals surface area (Å²) in [6.07, 6.45) is 19.3. The number of hydrogen-bond donors (Lipinski definition) is 2. The lowest BCUT2D eigenvalue weighted by Crippen LogP contribution is -2.22. The Kier molecular flexibility index (Phi) is 17.4. The average molecular weight is 327 g/mol. The zero-order valence-electron chi connectivity index (χ0n) is 15.8. The van der Waals surface area contributed by atoms with Crippen LogP contribution < -0.4 is 11.5 Å². The van der Waals surface area contributed by atoms with Gasteiger partial charge in [0.2, 0.25) is 0 Å². The lowest BCUT2D eigenvalue weighted by Gasteiger charge is -2.16. The molecule has 4 N–H and O–H groups in total. The van der Waals surface area contributed by atoms with Crippen molar-refractivity contribution in [2.75, 3.05) is 13.2 Å². The van der Waals surface area contributed by atoms with Gasteiger partial charge in [0, 0.05) is 18.8 Å². The van der Waals surface area contributed by atoms with Crippen LogP contribution in [0, 0.1) is 0 Å². The molecule has 0 saturated carbocycles. The van der Waals surface area contributed by atoms with E-state index in [1.807, 2.05) is 6.08 Å². The predicted octanol–water partition coefficient (Wildman–Crippen LogP) is 5.28. The van der Waals surface area contributed by atoms with Crippen molar-refractivity contribution in [3.63, 3.8) is 0 Å². The van der Waals surface area contributed by atoms with Gasteiger partial charge in [0.15, 0.2) is 0 Å². The van der Waals surface area contributed by atoms with Gasteiger partial charge in [0.25, 0.3) is 0 Å². The van der Waals surface area contributed by atoms with E-state index in [9.17, 15) is 0 Å². The molecule has 1 unspecified atom stereocenters. The maximum absolute atomic E-state index is 5.94. The van der Waals surface area contributed by atoms with Crippen LogP contribution in [0.3, 0.4) is 0 Å². The molecular formula is C20H42N2O. The quantitative estimate of drug-likeness (QED) is 0.357. The molecule has 0 aromatic rings. The second-order valence-corrected chi connectivity index (χ2v) is 6.60. The molecule has 0 aliphatic rings. The van der Waals surface area contributed by atoms with E-state index >= 15 is 0 Å². The van der Waals surface area contributed by atoms with Crippen LogP contribution in [-0.2, 0) is 4.74 Å². The molecule has 0 heterocycles.